The highest BCUT2D eigenvalue weighted by Gasteiger charge is 2.40. The second kappa shape index (κ2) is 7.49. The van der Waals surface area contributed by atoms with Crippen molar-refractivity contribution in [2.45, 2.75) is 31.2 Å². The van der Waals surface area contributed by atoms with Gasteiger partial charge in [-0.1, -0.05) is 36.2 Å². The maximum Gasteiger partial charge on any atom is 0.466 e. The van der Waals surface area contributed by atoms with Crippen LogP contribution in [-0.2, 0) is 14.9 Å². The number of carbonyl (C=O) groups excluding carboxylic acids is 1. The van der Waals surface area contributed by atoms with E-state index in [9.17, 15) is 4.79 Å². The Labute approximate surface area is 128 Å². The summed E-state index contributed by atoms with van der Waals surface area (Å²) in [6.45, 7) is 0. The Kier molecular flexibility index (Phi) is 6.53. The molecule has 0 aromatic heterocycles. The van der Waals surface area contributed by atoms with Crippen LogP contribution < -0.4 is 5.32 Å². The van der Waals surface area contributed by atoms with Crippen molar-refractivity contribution in [3.8, 4) is 0 Å². The van der Waals surface area contributed by atoms with Crippen molar-refractivity contribution in [1.82, 2.24) is 5.32 Å². The van der Waals surface area contributed by atoms with Crippen LogP contribution in [0.15, 0.2) is 24.3 Å². The van der Waals surface area contributed by atoms with Gasteiger partial charge in [0.15, 0.2) is 5.78 Å². The first kappa shape index (κ1) is 18.3. The van der Waals surface area contributed by atoms with Crippen molar-refractivity contribution < 1.29 is 24.0 Å². The molecule has 1 aromatic rings. The van der Waals surface area contributed by atoms with Gasteiger partial charge in [-0.3, -0.25) is 4.79 Å². The SMILES string of the molecule is CNC1(c2ccccc2Cl)CCCCC1=O.O=P(O)(O)O. The van der Waals surface area contributed by atoms with Crippen LogP contribution in [0.4, 0.5) is 0 Å². The summed E-state index contributed by atoms with van der Waals surface area (Å²) >= 11 is 6.20. The first-order valence-corrected chi connectivity index (χ1v) is 8.40. The Hall–Kier alpha value is -0.750. The average Bonchev–Trinajstić information content (AvgIpc) is 2.39. The average molecular weight is 336 g/mol. The van der Waals surface area contributed by atoms with Crippen LogP contribution in [-0.4, -0.2) is 27.5 Å². The summed E-state index contributed by atoms with van der Waals surface area (Å²) in [5.74, 6) is 0.259. The highest BCUT2D eigenvalue weighted by molar-refractivity contribution is 7.45. The van der Waals surface area contributed by atoms with Gasteiger partial charge in [0.2, 0.25) is 0 Å². The zero-order valence-corrected chi connectivity index (χ0v) is 13.3. The van der Waals surface area contributed by atoms with Gasteiger partial charge in [0.1, 0.15) is 5.54 Å². The van der Waals surface area contributed by atoms with E-state index in [1.807, 2.05) is 31.3 Å². The molecule has 0 aliphatic heterocycles. The van der Waals surface area contributed by atoms with Gasteiger partial charge in [-0.25, -0.2) is 4.57 Å². The summed E-state index contributed by atoms with van der Waals surface area (Å²) in [6, 6.07) is 7.62. The fraction of sp³-hybridized carbons (Fsp3) is 0.462. The third-order valence-electron chi connectivity index (χ3n) is 3.44. The zero-order chi connectivity index (χ0) is 16.1. The number of nitrogens with one attached hydrogen (secondary N) is 1. The minimum atomic E-state index is -4.64. The number of rotatable bonds is 2. The predicted octanol–water partition coefficient (Wildman–Crippen LogP) is 1.97. The lowest BCUT2D eigenvalue weighted by atomic mass is 9.75. The molecule has 0 saturated heterocycles. The fourth-order valence-electron chi connectivity index (χ4n) is 2.52. The first-order chi connectivity index (χ1) is 9.70. The molecule has 0 amide bonds. The molecular weight excluding hydrogens is 317 g/mol. The molecule has 4 N–H and O–H groups in total. The van der Waals surface area contributed by atoms with E-state index in [4.69, 9.17) is 30.8 Å². The van der Waals surface area contributed by atoms with Gasteiger partial charge in [-0.2, -0.15) is 0 Å². The molecule has 6 nitrogen and oxygen atoms in total. The largest absolute Gasteiger partial charge is 0.466 e. The highest BCUT2D eigenvalue weighted by atomic mass is 35.5. The van der Waals surface area contributed by atoms with Crippen molar-refractivity contribution in [3.63, 3.8) is 0 Å². The van der Waals surface area contributed by atoms with Gasteiger partial charge >= 0.3 is 7.82 Å². The number of hydrogen-bond acceptors (Lipinski definition) is 3. The van der Waals surface area contributed by atoms with E-state index in [1.165, 1.54) is 0 Å². The van der Waals surface area contributed by atoms with Gasteiger partial charge < -0.3 is 20.0 Å². The van der Waals surface area contributed by atoms with Gasteiger partial charge in [-0.05, 0) is 31.5 Å². The molecule has 0 heterocycles. The Morgan fingerprint density at radius 3 is 2.29 bits per heavy atom. The second-order valence-corrected chi connectivity index (χ2v) is 6.21. The number of hydrogen-bond donors (Lipinski definition) is 4. The van der Waals surface area contributed by atoms with Gasteiger partial charge in [0.25, 0.3) is 0 Å². The molecule has 1 aliphatic carbocycles. The van der Waals surface area contributed by atoms with E-state index in [0.29, 0.717) is 11.4 Å². The molecule has 8 heteroatoms. The summed E-state index contributed by atoms with van der Waals surface area (Å²) in [5.41, 5.74) is 0.361. The van der Waals surface area contributed by atoms with E-state index in [0.717, 1.165) is 24.8 Å². The Balaban J connectivity index is 0.000000383. The zero-order valence-electron chi connectivity index (χ0n) is 11.6. The van der Waals surface area contributed by atoms with Gasteiger partial charge in [0, 0.05) is 11.4 Å². The summed E-state index contributed by atoms with van der Waals surface area (Å²) in [5, 5.41) is 3.86. The van der Waals surface area contributed by atoms with Crippen LogP contribution in [0.2, 0.25) is 5.02 Å². The normalized spacial score (nSPS) is 22.4. The lowest BCUT2D eigenvalue weighted by molar-refractivity contribution is -0.127. The van der Waals surface area contributed by atoms with Crippen LogP contribution in [0.1, 0.15) is 31.2 Å². The van der Waals surface area contributed by atoms with Crippen molar-refractivity contribution in [2.24, 2.45) is 0 Å². The van der Waals surface area contributed by atoms with Gasteiger partial charge in [0.05, 0.1) is 0 Å². The molecule has 0 radical (unpaired) electrons. The van der Waals surface area contributed by atoms with E-state index >= 15 is 0 Å². The molecule has 2 rings (SSSR count). The van der Waals surface area contributed by atoms with Crippen LogP contribution in [0.5, 0.6) is 0 Å². The molecule has 1 fully saturated rings. The molecule has 1 aromatic carbocycles. The van der Waals surface area contributed by atoms with Crippen molar-refractivity contribution >= 4 is 25.2 Å². The molecule has 21 heavy (non-hydrogen) atoms. The summed E-state index contributed by atoms with van der Waals surface area (Å²) in [6.07, 6.45) is 3.54. The third-order valence-corrected chi connectivity index (χ3v) is 3.77. The summed E-state index contributed by atoms with van der Waals surface area (Å²) < 4.78 is 8.88. The second-order valence-electron chi connectivity index (χ2n) is 4.78. The predicted molar refractivity (Wildman–Crippen MR) is 79.9 cm³/mol. The minimum Gasteiger partial charge on any atom is -0.304 e. The third kappa shape index (κ3) is 5.18. The van der Waals surface area contributed by atoms with Crippen LogP contribution in [0.25, 0.3) is 0 Å². The maximum absolute atomic E-state index is 12.2. The Morgan fingerprint density at radius 1 is 1.24 bits per heavy atom. The topological polar surface area (TPSA) is 107 Å². The number of benzene rings is 1. The van der Waals surface area contributed by atoms with E-state index in [1.54, 1.807) is 0 Å². The molecule has 1 unspecified atom stereocenters. The van der Waals surface area contributed by atoms with Crippen LogP contribution >= 0.6 is 19.4 Å². The summed E-state index contributed by atoms with van der Waals surface area (Å²) in [4.78, 5) is 33.7. The molecule has 0 bridgehead atoms. The Morgan fingerprint density at radius 2 is 1.81 bits per heavy atom. The van der Waals surface area contributed by atoms with Crippen molar-refractivity contribution in [1.29, 1.82) is 0 Å². The maximum atomic E-state index is 12.2. The number of halogens is 1. The van der Waals surface area contributed by atoms with E-state index < -0.39 is 13.4 Å². The Bertz CT molecular complexity index is 539. The standard InChI is InChI=1S/C13H16ClNO.H3O4P/c1-15-13(9-5-4-8-12(13)16)10-6-2-3-7-11(10)14;1-5(2,3)4/h2-3,6-7,15H,4-5,8-9H2,1H3;(H3,1,2,3,4). The number of Topliss-reactive ketones (excluding diaryl/α,β-unsaturated/α-hetero) is 1. The van der Waals surface area contributed by atoms with E-state index in [2.05, 4.69) is 5.32 Å². The monoisotopic (exact) mass is 335 g/mol. The number of phosphoric acid groups is 1. The van der Waals surface area contributed by atoms with Crippen LogP contribution in [0, 0.1) is 0 Å². The molecule has 1 saturated carbocycles. The lowest BCUT2D eigenvalue weighted by Gasteiger charge is -2.36. The molecule has 1 aliphatic rings. The summed E-state index contributed by atoms with van der Waals surface area (Å²) in [7, 11) is -2.80. The number of ketones is 1. The number of likely N-dealkylation sites (N-methyl/N-ethyl adjacent to an activating group) is 1. The quantitative estimate of drug-likeness (QED) is 0.616. The fourth-order valence-corrected chi connectivity index (χ4v) is 2.82. The van der Waals surface area contributed by atoms with Crippen molar-refractivity contribution in [2.75, 3.05) is 7.05 Å². The number of carbonyl (C=O) groups is 1. The highest BCUT2D eigenvalue weighted by Crippen LogP contribution is 2.37. The lowest BCUT2D eigenvalue weighted by Crippen LogP contribution is -2.49. The van der Waals surface area contributed by atoms with Crippen molar-refractivity contribution in [3.05, 3.63) is 34.9 Å². The minimum absolute atomic E-state index is 0.259. The molecular formula is C13H19ClNO5P. The van der Waals surface area contributed by atoms with E-state index in [-0.39, 0.29) is 5.78 Å². The van der Waals surface area contributed by atoms with Gasteiger partial charge in [-0.15, -0.1) is 0 Å². The van der Waals surface area contributed by atoms with Crippen LogP contribution in [0.3, 0.4) is 0 Å². The first-order valence-electron chi connectivity index (χ1n) is 6.46. The molecule has 1 atom stereocenters. The molecule has 118 valence electrons. The smallest absolute Gasteiger partial charge is 0.304 e. The molecule has 0 spiro atoms.